The molecule has 0 radical (unpaired) electrons. The molecule has 1 heterocycles. The fourth-order valence-electron chi connectivity index (χ4n) is 1.45. The van der Waals surface area contributed by atoms with E-state index in [9.17, 15) is 4.79 Å². The second-order valence-corrected chi connectivity index (χ2v) is 4.83. The van der Waals surface area contributed by atoms with E-state index in [0.717, 1.165) is 13.1 Å². The Morgan fingerprint density at radius 1 is 1.56 bits per heavy atom. The lowest BCUT2D eigenvalue weighted by Gasteiger charge is -2.17. The molecule has 0 saturated carbocycles. The first-order valence-electron chi connectivity index (χ1n) is 6.12. The number of hydrogen-bond donors (Lipinski definition) is 2. The molecule has 102 valence electrons. The van der Waals surface area contributed by atoms with Crippen molar-refractivity contribution in [2.75, 3.05) is 20.1 Å². The molecule has 0 spiro atoms. The molecule has 1 aromatic heterocycles. The minimum absolute atomic E-state index is 0.238. The normalized spacial score (nSPS) is 11.2. The molecule has 1 amide bonds. The summed E-state index contributed by atoms with van der Waals surface area (Å²) in [6, 6.07) is 0. The average molecular weight is 254 g/mol. The number of carbonyl (C=O) groups excluding carboxylic acids is 1. The quantitative estimate of drug-likeness (QED) is 0.401. The van der Waals surface area contributed by atoms with Crippen molar-refractivity contribution < 1.29 is 4.79 Å². The molecule has 0 fully saturated rings. The van der Waals surface area contributed by atoms with Crippen LogP contribution in [0.4, 0.5) is 0 Å². The van der Waals surface area contributed by atoms with E-state index in [0.29, 0.717) is 12.5 Å². The van der Waals surface area contributed by atoms with E-state index in [1.54, 1.807) is 10.9 Å². The maximum absolute atomic E-state index is 11.2. The molecule has 7 nitrogen and oxygen atoms in total. The summed E-state index contributed by atoms with van der Waals surface area (Å²) in [5, 5.41) is 7.62. The van der Waals surface area contributed by atoms with Crippen LogP contribution in [0.3, 0.4) is 0 Å². The van der Waals surface area contributed by atoms with Crippen molar-refractivity contribution in [1.82, 2.24) is 25.3 Å². The molecule has 0 atom stereocenters. The van der Waals surface area contributed by atoms with E-state index in [2.05, 4.69) is 36.1 Å². The molecule has 3 N–H and O–H groups in total. The third-order valence-electron chi connectivity index (χ3n) is 2.70. The summed E-state index contributed by atoms with van der Waals surface area (Å²) < 4.78 is 1.65. The van der Waals surface area contributed by atoms with Crippen LogP contribution in [0.2, 0.25) is 0 Å². The van der Waals surface area contributed by atoms with Gasteiger partial charge in [0.15, 0.2) is 5.69 Å². The summed E-state index contributed by atoms with van der Waals surface area (Å²) in [5.74, 6) is 5.30. The molecule has 0 saturated heterocycles. The summed E-state index contributed by atoms with van der Waals surface area (Å²) in [6.45, 7) is 7.06. The zero-order valence-electron chi connectivity index (χ0n) is 11.3. The maximum Gasteiger partial charge on any atom is 0.287 e. The molecule has 0 aliphatic heterocycles. The minimum Gasteiger partial charge on any atom is -0.305 e. The molecule has 7 heteroatoms. The zero-order valence-corrected chi connectivity index (χ0v) is 11.3. The van der Waals surface area contributed by atoms with Crippen LogP contribution in [0, 0.1) is 5.92 Å². The Balaban J connectivity index is 2.34. The molecule has 0 aromatic carbocycles. The molecule has 0 unspecified atom stereocenters. The largest absolute Gasteiger partial charge is 0.305 e. The number of nitrogens with one attached hydrogen (secondary N) is 1. The molecule has 1 rings (SSSR count). The zero-order chi connectivity index (χ0) is 13.5. The van der Waals surface area contributed by atoms with Crippen molar-refractivity contribution in [3.8, 4) is 0 Å². The van der Waals surface area contributed by atoms with Crippen LogP contribution >= 0.6 is 0 Å². The van der Waals surface area contributed by atoms with Gasteiger partial charge in [0.1, 0.15) is 0 Å². The van der Waals surface area contributed by atoms with Gasteiger partial charge in [-0.1, -0.05) is 19.1 Å². The lowest BCUT2D eigenvalue weighted by Crippen LogP contribution is -2.30. The van der Waals surface area contributed by atoms with Gasteiger partial charge in [-0.3, -0.25) is 14.9 Å². The summed E-state index contributed by atoms with van der Waals surface area (Å²) in [7, 11) is 2.08. The van der Waals surface area contributed by atoms with Gasteiger partial charge in [0.2, 0.25) is 0 Å². The molecular formula is C11H22N6O. The van der Waals surface area contributed by atoms with Gasteiger partial charge in [-0.15, -0.1) is 5.10 Å². The first kappa shape index (κ1) is 14.6. The maximum atomic E-state index is 11.2. The van der Waals surface area contributed by atoms with Crippen LogP contribution < -0.4 is 11.3 Å². The fourth-order valence-corrected chi connectivity index (χ4v) is 1.45. The van der Waals surface area contributed by atoms with Crippen molar-refractivity contribution in [2.24, 2.45) is 11.8 Å². The highest BCUT2D eigenvalue weighted by Crippen LogP contribution is 2.00. The molecule has 18 heavy (non-hydrogen) atoms. The highest BCUT2D eigenvalue weighted by atomic mass is 16.2. The van der Waals surface area contributed by atoms with Crippen LogP contribution in [0.15, 0.2) is 6.20 Å². The molecule has 0 aliphatic carbocycles. The van der Waals surface area contributed by atoms with E-state index in [1.807, 2.05) is 5.43 Å². The second-order valence-electron chi connectivity index (χ2n) is 4.83. The van der Waals surface area contributed by atoms with Gasteiger partial charge in [-0.2, -0.15) is 0 Å². The Morgan fingerprint density at radius 3 is 2.89 bits per heavy atom. The summed E-state index contributed by atoms with van der Waals surface area (Å²) in [5.41, 5.74) is 2.27. The van der Waals surface area contributed by atoms with Crippen molar-refractivity contribution in [3.05, 3.63) is 11.9 Å². The first-order valence-corrected chi connectivity index (χ1v) is 6.12. The highest BCUT2D eigenvalue weighted by Gasteiger charge is 2.09. The highest BCUT2D eigenvalue weighted by molar-refractivity contribution is 5.91. The van der Waals surface area contributed by atoms with E-state index in [4.69, 9.17) is 5.84 Å². The summed E-state index contributed by atoms with van der Waals surface area (Å²) >= 11 is 0. The number of nitrogens with zero attached hydrogens (tertiary/aromatic N) is 4. The van der Waals surface area contributed by atoms with Gasteiger partial charge < -0.3 is 4.90 Å². The Morgan fingerprint density at radius 2 is 2.28 bits per heavy atom. The van der Waals surface area contributed by atoms with Crippen molar-refractivity contribution in [1.29, 1.82) is 0 Å². The number of hydrazine groups is 1. The van der Waals surface area contributed by atoms with Gasteiger partial charge in [-0.05, 0) is 25.9 Å². The van der Waals surface area contributed by atoms with Gasteiger partial charge in [-0.25, -0.2) is 5.84 Å². The number of carbonyl (C=O) groups is 1. The monoisotopic (exact) mass is 254 g/mol. The number of amides is 1. The SMILES string of the molecule is CC(C)CCN(C)CCn1cc(C(=O)NN)nn1. The van der Waals surface area contributed by atoms with Gasteiger partial charge in [0.05, 0.1) is 12.7 Å². The Labute approximate surface area is 107 Å². The third-order valence-corrected chi connectivity index (χ3v) is 2.70. The first-order chi connectivity index (χ1) is 8.52. The number of aromatic nitrogens is 3. The van der Waals surface area contributed by atoms with E-state index < -0.39 is 5.91 Å². The summed E-state index contributed by atoms with van der Waals surface area (Å²) in [6.07, 6.45) is 2.77. The standard InChI is InChI=1S/C11H22N6O/c1-9(2)4-5-16(3)6-7-17-8-10(14-15-17)11(18)13-12/h8-9H,4-7,12H2,1-3H3,(H,13,18). The Bertz CT molecular complexity index is 375. The predicted molar refractivity (Wildman–Crippen MR) is 68.6 cm³/mol. The smallest absolute Gasteiger partial charge is 0.287 e. The number of hydrogen-bond acceptors (Lipinski definition) is 5. The lowest BCUT2D eigenvalue weighted by molar-refractivity contribution is 0.0948. The molecule has 0 bridgehead atoms. The minimum atomic E-state index is -0.422. The summed E-state index contributed by atoms with van der Waals surface area (Å²) in [4.78, 5) is 13.4. The van der Waals surface area contributed by atoms with Crippen LogP contribution in [-0.4, -0.2) is 45.9 Å². The van der Waals surface area contributed by atoms with Crippen LogP contribution in [0.5, 0.6) is 0 Å². The van der Waals surface area contributed by atoms with Crippen LogP contribution in [-0.2, 0) is 6.54 Å². The van der Waals surface area contributed by atoms with Crippen LogP contribution in [0.1, 0.15) is 30.8 Å². The van der Waals surface area contributed by atoms with Crippen molar-refractivity contribution in [2.45, 2.75) is 26.8 Å². The number of nitrogen functional groups attached to an aromatic ring is 1. The van der Waals surface area contributed by atoms with Gasteiger partial charge in [0.25, 0.3) is 5.91 Å². The van der Waals surface area contributed by atoms with E-state index in [1.165, 1.54) is 6.42 Å². The Kier molecular flexibility index (Phi) is 5.73. The number of likely N-dealkylation sites (N-methyl/N-ethyl adjacent to an activating group) is 1. The predicted octanol–water partition coefficient (Wildman–Crippen LogP) is -0.140. The fraction of sp³-hybridized carbons (Fsp3) is 0.727. The number of rotatable bonds is 7. The number of nitrogens with two attached hydrogens (primary N) is 1. The van der Waals surface area contributed by atoms with Crippen molar-refractivity contribution >= 4 is 5.91 Å². The van der Waals surface area contributed by atoms with Gasteiger partial charge >= 0.3 is 0 Å². The average Bonchev–Trinajstić information content (AvgIpc) is 2.81. The molecule has 0 aliphatic rings. The molecule has 1 aromatic rings. The lowest BCUT2D eigenvalue weighted by atomic mass is 10.1. The van der Waals surface area contributed by atoms with Crippen molar-refractivity contribution in [3.63, 3.8) is 0 Å². The second kappa shape index (κ2) is 7.07. The Hall–Kier alpha value is -1.47. The van der Waals surface area contributed by atoms with E-state index >= 15 is 0 Å². The third kappa shape index (κ3) is 4.80. The topological polar surface area (TPSA) is 89.1 Å². The molecular weight excluding hydrogens is 232 g/mol. The van der Waals surface area contributed by atoms with E-state index in [-0.39, 0.29) is 5.69 Å². The van der Waals surface area contributed by atoms with Crippen LogP contribution in [0.25, 0.3) is 0 Å². The van der Waals surface area contributed by atoms with Gasteiger partial charge in [0, 0.05) is 6.54 Å².